The Hall–Kier alpha value is -5.06. The van der Waals surface area contributed by atoms with Gasteiger partial charge < -0.3 is 50.8 Å². The molecule has 30 heteroatoms. The van der Waals surface area contributed by atoms with Gasteiger partial charge in [0.1, 0.15) is 46.7 Å². The van der Waals surface area contributed by atoms with Crippen LogP contribution >= 0.6 is 0 Å². The number of nitrogens with one attached hydrogen (secondary N) is 4. The number of benzene rings is 4. The molecule has 8 N–H and O–H groups in total. The molecule has 6 aromatic rings. The summed E-state index contributed by atoms with van der Waals surface area (Å²) >= 11 is 0. The van der Waals surface area contributed by atoms with Gasteiger partial charge in [-0.3, -0.25) is 0 Å². The van der Waals surface area contributed by atoms with E-state index in [0.717, 1.165) is 34.7 Å². The van der Waals surface area contributed by atoms with E-state index in [2.05, 4.69) is 51.2 Å². The average molecular weight is 1020 g/mol. The second-order valence-corrected chi connectivity index (χ2v) is 16.0. The number of aliphatic hydroxyl groups is 4. The summed E-state index contributed by atoms with van der Waals surface area (Å²) in [5.74, 6) is -1.09. The molecular weight excluding hydrogens is 983 g/mol. The smallest absolute Gasteiger partial charge is 0.744 e. The van der Waals surface area contributed by atoms with E-state index in [0.29, 0.717) is 11.4 Å². The Morgan fingerprint density at radius 1 is 0.457 bits per heavy atom. The van der Waals surface area contributed by atoms with Crippen LogP contribution in [0.4, 0.5) is 58.4 Å². The zero-order valence-corrected chi connectivity index (χ0v) is 42.9. The molecular formula is C40H42N12Na2O14S2. The fraction of sp³-hybridized carbons (Fsp3) is 0.200. The van der Waals surface area contributed by atoms with E-state index in [-0.39, 0.29) is 144 Å². The molecule has 2 aromatic heterocycles. The molecule has 0 bridgehead atoms. The van der Waals surface area contributed by atoms with Gasteiger partial charge in [-0.25, -0.2) is 36.2 Å². The standard InChI is InChI=1S/C40H44N12O14S2.2Na/c53-17-21-63-51(64-22-18-54)39-47-35(41-29-7-3-1-4-8-29)45-37(49-39)43-31-15-13-27(33(25-31)67(57,58)59)11-12-28-14-16-32(26-34(28)68(60,61)62)44-38-46-36(42-30-9-5-2-6-10-30)48-40(50-38)52(65-23-19-55)66-24-20-56;;/h1-16,25-26,53-56H,17-24H2,(H,57,58,59)(H,60,61,62)(H2,41,43,45,47,49)(H2,42,44,46,48,50);;/q;2*+1/p-2. The topological polar surface area (TPSA) is 364 Å². The molecule has 6 rings (SSSR count). The number of rotatable bonds is 26. The van der Waals surface area contributed by atoms with Crippen molar-refractivity contribution in [2.24, 2.45) is 0 Å². The minimum absolute atomic E-state index is 0. The Kier molecular flexibility index (Phi) is 23.1. The summed E-state index contributed by atoms with van der Waals surface area (Å²) in [6, 6.07) is 24.6. The van der Waals surface area contributed by atoms with Crippen molar-refractivity contribution in [1.29, 1.82) is 0 Å². The number of aliphatic hydroxyl groups excluding tert-OH is 4. The summed E-state index contributed by atoms with van der Waals surface area (Å²) in [7, 11) is -10.5. The molecule has 0 spiro atoms. The van der Waals surface area contributed by atoms with E-state index < -0.39 is 56.5 Å². The Balaban J connectivity index is 0.00000533. The third-order valence-electron chi connectivity index (χ3n) is 8.35. The molecule has 70 heavy (non-hydrogen) atoms. The summed E-state index contributed by atoms with van der Waals surface area (Å²) < 4.78 is 75.9. The van der Waals surface area contributed by atoms with Crippen LogP contribution in [0.5, 0.6) is 0 Å². The van der Waals surface area contributed by atoms with E-state index in [4.69, 9.17) is 19.4 Å². The van der Waals surface area contributed by atoms with Gasteiger partial charge >= 0.3 is 59.1 Å². The van der Waals surface area contributed by atoms with Crippen LogP contribution in [0.25, 0.3) is 12.2 Å². The van der Waals surface area contributed by atoms with E-state index in [1.165, 1.54) is 24.3 Å². The van der Waals surface area contributed by atoms with Crippen LogP contribution in [0.15, 0.2) is 107 Å². The maximum absolute atomic E-state index is 12.6. The third-order valence-corrected chi connectivity index (χ3v) is 10.1. The molecule has 0 fully saturated rings. The molecule has 26 nitrogen and oxygen atoms in total. The van der Waals surface area contributed by atoms with Crippen molar-refractivity contribution in [2.45, 2.75) is 9.79 Å². The first kappa shape index (κ1) is 57.5. The largest absolute Gasteiger partial charge is 1.00 e. The van der Waals surface area contributed by atoms with Crippen LogP contribution in [-0.4, -0.2) is 129 Å². The zero-order chi connectivity index (χ0) is 48.5. The summed E-state index contributed by atoms with van der Waals surface area (Å²) in [6.07, 6.45) is 2.24. The minimum atomic E-state index is -5.23. The molecule has 0 aliphatic carbocycles. The maximum atomic E-state index is 12.6. The number of hydrogen-bond acceptors (Lipinski definition) is 26. The van der Waals surface area contributed by atoms with E-state index in [1.807, 2.05) is 0 Å². The Morgan fingerprint density at radius 3 is 1.04 bits per heavy atom. The summed E-state index contributed by atoms with van der Waals surface area (Å²) in [5, 5.41) is 50.4. The van der Waals surface area contributed by atoms with E-state index >= 15 is 0 Å². The van der Waals surface area contributed by atoms with Crippen LogP contribution in [-0.2, 0) is 39.6 Å². The van der Waals surface area contributed by atoms with E-state index in [1.54, 1.807) is 60.7 Å². The van der Waals surface area contributed by atoms with Gasteiger partial charge in [-0.1, -0.05) is 71.1 Å². The monoisotopic (exact) mass is 1020 g/mol. The summed E-state index contributed by atoms with van der Waals surface area (Å²) in [6.45, 7) is -2.70. The molecule has 0 amide bonds. The molecule has 0 radical (unpaired) electrons. The number of nitrogens with zero attached hydrogens (tertiary/aromatic N) is 8. The zero-order valence-electron chi connectivity index (χ0n) is 37.3. The van der Waals surface area contributed by atoms with Crippen LogP contribution in [0.1, 0.15) is 11.1 Å². The third kappa shape index (κ3) is 17.4. The number of hydrogen-bond donors (Lipinski definition) is 8. The van der Waals surface area contributed by atoms with Gasteiger partial charge in [0, 0.05) is 22.7 Å². The Labute approximate surface area is 444 Å². The van der Waals surface area contributed by atoms with Gasteiger partial charge in [0.2, 0.25) is 23.8 Å². The summed E-state index contributed by atoms with van der Waals surface area (Å²) in [5.41, 5.74) is 0.709. The fourth-order valence-electron chi connectivity index (χ4n) is 5.59. The van der Waals surface area contributed by atoms with Crippen LogP contribution in [0.2, 0.25) is 0 Å². The van der Waals surface area contributed by atoms with Crippen LogP contribution in [0, 0.1) is 0 Å². The van der Waals surface area contributed by atoms with Gasteiger partial charge in [0.25, 0.3) is 11.9 Å². The molecule has 2 heterocycles. The van der Waals surface area contributed by atoms with Gasteiger partial charge in [-0.05, 0) is 59.7 Å². The van der Waals surface area contributed by atoms with Crippen molar-refractivity contribution in [1.82, 2.24) is 29.9 Å². The van der Waals surface area contributed by atoms with Gasteiger partial charge in [0.05, 0.1) is 36.2 Å². The van der Waals surface area contributed by atoms with Gasteiger partial charge in [0.15, 0.2) is 0 Å². The Bertz CT molecular complexity index is 2660. The average Bonchev–Trinajstić information content (AvgIpc) is 3.31. The van der Waals surface area contributed by atoms with Crippen LogP contribution < -0.4 is 90.8 Å². The number of aromatic nitrogens is 6. The first-order valence-electron chi connectivity index (χ1n) is 19.9. The van der Waals surface area contributed by atoms with Crippen molar-refractivity contribution >= 4 is 90.8 Å². The second kappa shape index (κ2) is 28.1. The van der Waals surface area contributed by atoms with Gasteiger partial charge in [-0.2, -0.15) is 29.9 Å². The number of anilines is 10. The van der Waals surface area contributed by atoms with Crippen LogP contribution in [0.3, 0.4) is 0 Å². The minimum Gasteiger partial charge on any atom is -0.744 e. The van der Waals surface area contributed by atoms with Crippen molar-refractivity contribution in [2.75, 3.05) is 84.6 Å². The van der Waals surface area contributed by atoms with Gasteiger partial charge in [-0.15, -0.1) is 0 Å². The first-order chi connectivity index (χ1) is 32.8. The molecule has 0 unspecified atom stereocenters. The second-order valence-electron chi connectivity index (χ2n) is 13.3. The molecule has 0 saturated heterocycles. The predicted octanol–water partition coefficient (Wildman–Crippen LogP) is -3.67. The first-order valence-corrected chi connectivity index (χ1v) is 22.7. The molecule has 0 saturated carbocycles. The molecule has 0 aliphatic heterocycles. The SMILES string of the molecule is O=S(=O)([O-])c1cc(Nc2nc(Nc3ccccc3)nc(N(OCCO)OCCO)n2)ccc1C=Cc1ccc(Nc2nc(Nc3ccccc3)nc(N(OCCO)OCCO)n2)cc1S(=O)(=O)[O-].[Na+].[Na+]. The maximum Gasteiger partial charge on any atom is 1.00 e. The van der Waals surface area contributed by atoms with Crippen molar-refractivity contribution in [3.05, 3.63) is 108 Å². The predicted molar refractivity (Wildman–Crippen MR) is 241 cm³/mol. The molecule has 4 aromatic carbocycles. The molecule has 360 valence electrons. The van der Waals surface area contributed by atoms with Crippen molar-refractivity contribution in [3.63, 3.8) is 0 Å². The summed E-state index contributed by atoms with van der Waals surface area (Å²) in [4.78, 5) is 45.7. The normalized spacial score (nSPS) is 11.3. The van der Waals surface area contributed by atoms with E-state index in [9.17, 15) is 46.4 Å². The van der Waals surface area contributed by atoms with Crippen molar-refractivity contribution < 1.29 is 125 Å². The fourth-order valence-corrected chi connectivity index (χ4v) is 6.98. The molecule has 0 aliphatic rings. The Morgan fingerprint density at radius 2 is 0.757 bits per heavy atom. The number of para-hydroxylation sites is 2. The quantitative estimate of drug-likeness (QED) is 0.0112. The van der Waals surface area contributed by atoms with Crippen molar-refractivity contribution in [3.8, 4) is 0 Å². The molecule has 0 atom stereocenters.